The van der Waals surface area contributed by atoms with Crippen LogP contribution in [-0.2, 0) is 4.74 Å². The van der Waals surface area contributed by atoms with Crippen molar-refractivity contribution in [1.29, 1.82) is 0 Å². The van der Waals surface area contributed by atoms with Crippen molar-refractivity contribution in [3.63, 3.8) is 0 Å². The van der Waals surface area contributed by atoms with E-state index < -0.39 is 0 Å². The Morgan fingerprint density at radius 1 is 0.600 bits per heavy atom. The number of hydrogen-bond donors (Lipinski definition) is 0. The molecule has 3 aromatic rings. The predicted molar refractivity (Wildman–Crippen MR) is 97.2 cm³/mol. The van der Waals surface area contributed by atoms with Crippen molar-refractivity contribution in [2.24, 2.45) is 0 Å². The van der Waals surface area contributed by atoms with Gasteiger partial charge in [-0.1, -0.05) is 48.5 Å². The number of fused-ring (bicyclic) bond motifs is 1. The molecular weight excluding hydrogens is 312 g/mol. The third-order valence-electron chi connectivity index (χ3n) is 4.67. The minimum Gasteiger partial charge on any atom is -0.497 e. The second kappa shape index (κ2) is 6.61. The van der Waals surface area contributed by atoms with Crippen LogP contribution in [0.3, 0.4) is 0 Å². The van der Waals surface area contributed by atoms with Gasteiger partial charge in [0.05, 0.1) is 14.2 Å². The zero-order valence-electron chi connectivity index (χ0n) is 14.3. The Hall–Kier alpha value is -2.78. The van der Waals surface area contributed by atoms with Crippen LogP contribution in [-0.4, -0.2) is 14.2 Å². The van der Waals surface area contributed by atoms with Crippen LogP contribution in [0, 0.1) is 0 Å². The molecule has 0 amide bonds. The molecule has 4 rings (SSSR count). The number of benzene rings is 3. The third-order valence-corrected chi connectivity index (χ3v) is 4.67. The van der Waals surface area contributed by atoms with Gasteiger partial charge >= 0.3 is 0 Å². The van der Waals surface area contributed by atoms with Crippen molar-refractivity contribution in [2.75, 3.05) is 14.2 Å². The summed E-state index contributed by atoms with van der Waals surface area (Å²) in [4.78, 5) is 0. The molecule has 1 aliphatic heterocycles. The maximum Gasteiger partial charge on any atom is 0.118 e. The third kappa shape index (κ3) is 2.87. The first-order valence-corrected chi connectivity index (χ1v) is 8.32. The van der Waals surface area contributed by atoms with Crippen LogP contribution in [0.5, 0.6) is 11.5 Å². The molecule has 3 aromatic carbocycles. The molecule has 0 spiro atoms. The standard InChI is InChI=1S/C22H20O3/c1-23-17-11-7-15(8-12-17)21-19-5-3-4-6-20(19)22(25-21)16-9-13-18(24-2)14-10-16/h3-14,21-22H,1-2H3/t21-,22-/m0/s1. The molecule has 0 saturated carbocycles. The fourth-order valence-corrected chi connectivity index (χ4v) is 3.34. The van der Waals surface area contributed by atoms with Gasteiger partial charge < -0.3 is 14.2 Å². The zero-order chi connectivity index (χ0) is 17.2. The van der Waals surface area contributed by atoms with Crippen LogP contribution in [0.25, 0.3) is 0 Å². The fraction of sp³-hybridized carbons (Fsp3) is 0.182. The summed E-state index contributed by atoms with van der Waals surface area (Å²) < 4.78 is 17.0. The van der Waals surface area contributed by atoms with E-state index in [2.05, 4.69) is 48.5 Å². The van der Waals surface area contributed by atoms with Gasteiger partial charge in [0.2, 0.25) is 0 Å². The molecule has 0 radical (unpaired) electrons. The molecule has 0 N–H and O–H groups in total. The first-order chi connectivity index (χ1) is 12.3. The largest absolute Gasteiger partial charge is 0.497 e. The highest BCUT2D eigenvalue weighted by Crippen LogP contribution is 2.45. The van der Waals surface area contributed by atoms with E-state index in [4.69, 9.17) is 14.2 Å². The number of hydrogen-bond acceptors (Lipinski definition) is 3. The van der Waals surface area contributed by atoms with E-state index in [9.17, 15) is 0 Å². The minimum absolute atomic E-state index is 0.0748. The van der Waals surface area contributed by atoms with Crippen molar-refractivity contribution in [1.82, 2.24) is 0 Å². The average Bonchev–Trinajstić information content (AvgIpc) is 3.08. The van der Waals surface area contributed by atoms with Gasteiger partial charge in [0.25, 0.3) is 0 Å². The molecule has 0 bridgehead atoms. The molecule has 0 unspecified atom stereocenters. The summed E-state index contributed by atoms with van der Waals surface area (Å²) in [5.41, 5.74) is 4.69. The molecule has 25 heavy (non-hydrogen) atoms. The summed E-state index contributed by atoms with van der Waals surface area (Å²) >= 11 is 0. The predicted octanol–water partition coefficient (Wildman–Crippen LogP) is 4.91. The highest BCUT2D eigenvalue weighted by atomic mass is 16.5. The normalized spacial score (nSPS) is 18.6. The lowest BCUT2D eigenvalue weighted by molar-refractivity contribution is 0.0582. The smallest absolute Gasteiger partial charge is 0.118 e. The van der Waals surface area contributed by atoms with Crippen LogP contribution < -0.4 is 9.47 Å². The molecule has 1 heterocycles. The summed E-state index contributed by atoms with van der Waals surface area (Å²) in [5, 5.41) is 0. The van der Waals surface area contributed by atoms with E-state index in [0.717, 1.165) is 22.6 Å². The van der Waals surface area contributed by atoms with E-state index >= 15 is 0 Å². The van der Waals surface area contributed by atoms with E-state index in [1.165, 1.54) is 11.1 Å². The maximum atomic E-state index is 6.47. The van der Waals surface area contributed by atoms with Gasteiger partial charge in [0, 0.05) is 0 Å². The van der Waals surface area contributed by atoms with Gasteiger partial charge in [-0.25, -0.2) is 0 Å². The monoisotopic (exact) mass is 332 g/mol. The summed E-state index contributed by atoms with van der Waals surface area (Å²) in [6, 6.07) is 24.6. The van der Waals surface area contributed by atoms with Crippen molar-refractivity contribution in [3.05, 3.63) is 95.1 Å². The molecule has 2 atom stereocenters. The summed E-state index contributed by atoms with van der Waals surface area (Å²) in [6.45, 7) is 0. The quantitative estimate of drug-likeness (QED) is 0.679. The lowest BCUT2D eigenvalue weighted by Crippen LogP contribution is -2.02. The molecule has 0 aliphatic carbocycles. The van der Waals surface area contributed by atoms with Gasteiger partial charge in [-0.2, -0.15) is 0 Å². The van der Waals surface area contributed by atoms with E-state index in [0.29, 0.717) is 0 Å². The van der Waals surface area contributed by atoms with Crippen LogP contribution in [0.15, 0.2) is 72.8 Å². The molecule has 1 aliphatic rings. The summed E-state index contributed by atoms with van der Waals surface area (Å²) in [6.07, 6.45) is -0.150. The Morgan fingerprint density at radius 2 is 1.00 bits per heavy atom. The van der Waals surface area contributed by atoms with Crippen molar-refractivity contribution < 1.29 is 14.2 Å². The van der Waals surface area contributed by atoms with Gasteiger partial charge in [-0.3, -0.25) is 0 Å². The average molecular weight is 332 g/mol. The van der Waals surface area contributed by atoms with Crippen LogP contribution in [0.1, 0.15) is 34.5 Å². The zero-order valence-corrected chi connectivity index (χ0v) is 14.3. The second-order valence-corrected chi connectivity index (χ2v) is 6.07. The Bertz CT molecular complexity index is 781. The second-order valence-electron chi connectivity index (χ2n) is 6.07. The molecule has 0 saturated heterocycles. The van der Waals surface area contributed by atoms with E-state index in [-0.39, 0.29) is 12.2 Å². The van der Waals surface area contributed by atoms with E-state index in [1.54, 1.807) is 14.2 Å². The summed E-state index contributed by atoms with van der Waals surface area (Å²) in [5.74, 6) is 1.70. The number of rotatable bonds is 4. The molecule has 3 heteroatoms. The Labute approximate surface area is 147 Å². The van der Waals surface area contributed by atoms with Crippen molar-refractivity contribution in [3.8, 4) is 11.5 Å². The van der Waals surface area contributed by atoms with Crippen LogP contribution in [0.4, 0.5) is 0 Å². The maximum absolute atomic E-state index is 6.47. The van der Waals surface area contributed by atoms with Gasteiger partial charge in [0.15, 0.2) is 0 Å². The molecule has 126 valence electrons. The van der Waals surface area contributed by atoms with Crippen molar-refractivity contribution >= 4 is 0 Å². The molecule has 3 nitrogen and oxygen atoms in total. The highest BCUT2D eigenvalue weighted by molar-refractivity contribution is 5.46. The Balaban J connectivity index is 1.71. The molecule has 0 fully saturated rings. The lowest BCUT2D eigenvalue weighted by atomic mass is 9.95. The Kier molecular flexibility index (Phi) is 4.16. The number of methoxy groups -OCH3 is 2. The lowest BCUT2D eigenvalue weighted by Gasteiger charge is -2.16. The van der Waals surface area contributed by atoms with Gasteiger partial charge in [0.1, 0.15) is 23.7 Å². The van der Waals surface area contributed by atoms with Crippen LogP contribution in [0.2, 0.25) is 0 Å². The van der Waals surface area contributed by atoms with E-state index in [1.807, 2.05) is 24.3 Å². The fourth-order valence-electron chi connectivity index (χ4n) is 3.34. The Morgan fingerprint density at radius 3 is 1.36 bits per heavy atom. The van der Waals surface area contributed by atoms with Crippen LogP contribution >= 0.6 is 0 Å². The first kappa shape index (κ1) is 15.7. The minimum atomic E-state index is -0.0748. The molecule has 0 aromatic heterocycles. The topological polar surface area (TPSA) is 27.7 Å². The summed E-state index contributed by atoms with van der Waals surface area (Å²) in [7, 11) is 3.35. The van der Waals surface area contributed by atoms with Gasteiger partial charge in [-0.15, -0.1) is 0 Å². The van der Waals surface area contributed by atoms with Gasteiger partial charge in [-0.05, 0) is 46.5 Å². The first-order valence-electron chi connectivity index (χ1n) is 8.32. The van der Waals surface area contributed by atoms with Crippen molar-refractivity contribution in [2.45, 2.75) is 12.2 Å². The molecular formula is C22H20O3. The number of ether oxygens (including phenoxy) is 3. The highest BCUT2D eigenvalue weighted by Gasteiger charge is 2.33. The SMILES string of the molecule is COc1ccc([C@@H]2O[C@@H](c3ccc(OC)cc3)c3ccccc32)cc1.